The Morgan fingerprint density at radius 1 is 0.976 bits per heavy atom. The van der Waals surface area contributed by atoms with Crippen LogP contribution < -0.4 is 19.7 Å². The van der Waals surface area contributed by atoms with Crippen molar-refractivity contribution in [3.63, 3.8) is 0 Å². The molecule has 11 heteroatoms. The van der Waals surface area contributed by atoms with Crippen molar-refractivity contribution in [3.05, 3.63) is 84.2 Å². The minimum absolute atomic E-state index is 0. The predicted octanol–water partition coefficient (Wildman–Crippen LogP) is 6.39. The number of piperidine rings is 1. The van der Waals surface area contributed by atoms with Gasteiger partial charge in [-0.2, -0.15) is 0 Å². The topological polar surface area (TPSA) is 91.0 Å². The summed E-state index contributed by atoms with van der Waals surface area (Å²) >= 11 is 0. The number of unbranched alkanes of at least 4 members (excludes halogenated alkanes) is 1. The molecule has 0 saturated carbocycles. The van der Waals surface area contributed by atoms with Crippen LogP contribution in [0.1, 0.15) is 38.2 Å². The molecular formula is C30H38ClFN4O4S. The monoisotopic (exact) mass is 604 g/mol. The van der Waals surface area contributed by atoms with Crippen LogP contribution in [0.25, 0.3) is 0 Å². The van der Waals surface area contributed by atoms with E-state index in [9.17, 15) is 17.6 Å². The molecule has 3 aromatic rings. The van der Waals surface area contributed by atoms with Crippen molar-refractivity contribution in [3.8, 4) is 11.5 Å². The first-order chi connectivity index (χ1) is 19.2. The highest BCUT2D eigenvalue weighted by molar-refractivity contribution is 7.92. The molecule has 0 spiro atoms. The molecule has 222 valence electrons. The predicted molar refractivity (Wildman–Crippen MR) is 164 cm³/mol. The maximum Gasteiger partial charge on any atom is 0.322 e. The maximum absolute atomic E-state index is 13.4. The van der Waals surface area contributed by atoms with Crippen LogP contribution in [0.5, 0.6) is 11.5 Å². The summed E-state index contributed by atoms with van der Waals surface area (Å²) in [7, 11) is -3.32. The molecule has 4 rings (SSSR count). The van der Waals surface area contributed by atoms with E-state index in [0.717, 1.165) is 51.6 Å². The van der Waals surface area contributed by atoms with Crippen LogP contribution in [-0.2, 0) is 16.6 Å². The SMILES string of the molecule is CCCCN(C(=O)NC1CCN(Cc2ccc(Oc3ccc(NS(C)(=O)=O)cc3)cc2)CC1)c1ccc(F)cc1.Cl. The number of halogens is 2. The number of anilines is 2. The molecule has 8 nitrogen and oxygen atoms in total. The van der Waals surface area contributed by atoms with E-state index in [1.165, 1.54) is 17.7 Å². The Hall–Kier alpha value is -3.34. The number of ether oxygens (including phenoxy) is 1. The molecule has 0 atom stereocenters. The Morgan fingerprint density at radius 3 is 2.12 bits per heavy atom. The van der Waals surface area contributed by atoms with Crippen molar-refractivity contribution < 1.29 is 22.3 Å². The highest BCUT2D eigenvalue weighted by atomic mass is 35.5. The fourth-order valence-electron chi connectivity index (χ4n) is 4.64. The molecule has 0 unspecified atom stereocenters. The highest BCUT2D eigenvalue weighted by Gasteiger charge is 2.24. The highest BCUT2D eigenvalue weighted by Crippen LogP contribution is 2.25. The Bertz CT molecular complexity index is 1350. The van der Waals surface area contributed by atoms with Gasteiger partial charge in [0.15, 0.2) is 0 Å². The lowest BCUT2D eigenvalue weighted by atomic mass is 10.0. The fraction of sp³-hybridized carbons (Fsp3) is 0.367. The molecule has 0 aliphatic carbocycles. The number of amides is 2. The average Bonchev–Trinajstić information content (AvgIpc) is 2.92. The quantitative estimate of drug-likeness (QED) is 0.265. The number of nitrogens with one attached hydrogen (secondary N) is 2. The molecule has 1 heterocycles. The first-order valence-electron chi connectivity index (χ1n) is 13.6. The lowest BCUT2D eigenvalue weighted by Gasteiger charge is -2.34. The molecule has 2 N–H and O–H groups in total. The molecule has 1 fully saturated rings. The van der Waals surface area contributed by atoms with Crippen LogP contribution in [-0.4, -0.2) is 51.3 Å². The first kappa shape index (κ1) is 32.2. The van der Waals surface area contributed by atoms with Gasteiger partial charge in [-0.25, -0.2) is 17.6 Å². The largest absolute Gasteiger partial charge is 0.457 e. The van der Waals surface area contributed by atoms with E-state index in [2.05, 4.69) is 21.9 Å². The summed E-state index contributed by atoms with van der Waals surface area (Å²) in [6.45, 7) is 5.24. The van der Waals surface area contributed by atoms with Crippen LogP contribution >= 0.6 is 12.4 Å². The second kappa shape index (κ2) is 15.0. The Labute approximate surface area is 248 Å². The molecule has 1 aliphatic heterocycles. The third-order valence-electron chi connectivity index (χ3n) is 6.76. The summed E-state index contributed by atoms with van der Waals surface area (Å²) in [4.78, 5) is 17.2. The van der Waals surface area contributed by atoms with Gasteiger partial charge in [0.05, 0.1) is 6.26 Å². The second-order valence-corrected chi connectivity index (χ2v) is 11.9. The number of urea groups is 1. The Morgan fingerprint density at radius 2 is 1.56 bits per heavy atom. The number of hydrogen-bond acceptors (Lipinski definition) is 5. The minimum atomic E-state index is -3.32. The summed E-state index contributed by atoms with van der Waals surface area (Å²) in [5.74, 6) is 0.997. The van der Waals surface area contributed by atoms with Gasteiger partial charge in [-0.1, -0.05) is 25.5 Å². The van der Waals surface area contributed by atoms with Gasteiger partial charge in [0, 0.05) is 43.6 Å². The number of carbonyl (C=O) groups is 1. The van der Waals surface area contributed by atoms with Gasteiger partial charge in [-0.15, -0.1) is 12.4 Å². The Balaban J connectivity index is 0.00000462. The van der Waals surface area contributed by atoms with Gasteiger partial charge in [0.2, 0.25) is 10.0 Å². The molecular weight excluding hydrogens is 567 g/mol. The van der Waals surface area contributed by atoms with Crippen molar-refractivity contribution in [1.29, 1.82) is 0 Å². The van der Waals surface area contributed by atoms with E-state index in [0.29, 0.717) is 29.4 Å². The summed E-state index contributed by atoms with van der Waals surface area (Å²) < 4.78 is 44.4. The molecule has 0 bridgehead atoms. The lowest BCUT2D eigenvalue weighted by molar-refractivity contribution is 0.188. The van der Waals surface area contributed by atoms with E-state index < -0.39 is 10.0 Å². The zero-order valence-corrected chi connectivity index (χ0v) is 25.0. The van der Waals surface area contributed by atoms with Crippen LogP contribution in [0, 0.1) is 5.82 Å². The van der Waals surface area contributed by atoms with Gasteiger partial charge >= 0.3 is 6.03 Å². The second-order valence-electron chi connectivity index (χ2n) is 10.1. The number of benzene rings is 3. The number of likely N-dealkylation sites (tertiary alicyclic amines) is 1. The normalized spacial score (nSPS) is 14.1. The van der Waals surface area contributed by atoms with Crippen molar-refractivity contribution in [1.82, 2.24) is 10.2 Å². The summed E-state index contributed by atoms with van der Waals surface area (Å²) in [5, 5.41) is 3.19. The molecule has 41 heavy (non-hydrogen) atoms. The van der Waals surface area contributed by atoms with Crippen molar-refractivity contribution in [2.24, 2.45) is 0 Å². The Kier molecular flexibility index (Phi) is 11.8. The molecule has 0 aromatic heterocycles. The lowest BCUT2D eigenvalue weighted by Crippen LogP contribution is -2.49. The van der Waals surface area contributed by atoms with E-state index in [1.807, 2.05) is 24.3 Å². The van der Waals surface area contributed by atoms with E-state index in [-0.39, 0.29) is 30.3 Å². The minimum Gasteiger partial charge on any atom is -0.457 e. The zero-order chi connectivity index (χ0) is 28.5. The van der Waals surface area contributed by atoms with E-state index >= 15 is 0 Å². The first-order valence-corrected chi connectivity index (χ1v) is 15.5. The molecule has 1 saturated heterocycles. The molecule has 1 aliphatic rings. The van der Waals surface area contributed by atoms with Gasteiger partial charge < -0.3 is 10.1 Å². The van der Waals surface area contributed by atoms with Crippen LogP contribution in [0.2, 0.25) is 0 Å². The van der Waals surface area contributed by atoms with Crippen molar-refractivity contribution in [2.75, 3.05) is 35.5 Å². The number of nitrogens with zero attached hydrogens (tertiary/aromatic N) is 2. The summed E-state index contributed by atoms with van der Waals surface area (Å²) in [6, 6.07) is 20.7. The van der Waals surface area contributed by atoms with E-state index in [1.54, 1.807) is 41.3 Å². The molecule has 2 amide bonds. The van der Waals surface area contributed by atoms with Crippen LogP contribution in [0.4, 0.5) is 20.6 Å². The third-order valence-corrected chi connectivity index (χ3v) is 7.36. The number of sulfonamides is 1. The third kappa shape index (κ3) is 10.2. The zero-order valence-electron chi connectivity index (χ0n) is 23.4. The van der Waals surface area contributed by atoms with Crippen LogP contribution in [0.15, 0.2) is 72.8 Å². The smallest absolute Gasteiger partial charge is 0.322 e. The van der Waals surface area contributed by atoms with Crippen molar-refractivity contribution in [2.45, 2.75) is 45.2 Å². The van der Waals surface area contributed by atoms with Gasteiger partial charge in [-0.3, -0.25) is 14.5 Å². The molecule has 3 aromatic carbocycles. The van der Waals surface area contributed by atoms with Gasteiger partial charge in [0.25, 0.3) is 0 Å². The maximum atomic E-state index is 13.4. The van der Waals surface area contributed by atoms with E-state index in [4.69, 9.17) is 4.74 Å². The van der Waals surface area contributed by atoms with Crippen molar-refractivity contribution >= 4 is 39.8 Å². The average molecular weight is 605 g/mol. The number of carbonyl (C=O) groups excluding carboxylic acids is 1. The summed E-state index contributed by atoms with van der Waals surface area (Å²) in [6.07, 6.45) is 4.68. The van der Waals surface area contributed by atoms with Gasteiger partial charge in [0.1, 0.15) is 17.3 Å². The number of hydrogen-bond donors (Lipinski definition) is 2. The standard InChI is InChI=1S/C30H37FN4O4S.ClH/c1-3-4-19-35(27-11-7-24(31)8-12-27)30(36)32-25-17-20-34(21-18-25)22-23-5-13-28(14-6-23)39-29-15-9-26(10-16-29)33-40(2,37)38;/h5-16,25,33H,3-4,17-22H2,1-2H3,(H,32,36);1H. The fourth-order valence-corrected chi connectivity index (χ4v) is 5.20. The van der Waals surface area contributed by atoms with Crippen LogP contribution in [0.3, 0.4) is 0 Å². The summed E-state index contributed by atoms with van der Waals surface area (Å²) in [5.41, 5.74) is 2.36. The molecule has 0 radical (unpaired) electrons. The van der Waals surface area contributed by atoms with Gasteiger partial charge in [-0.05, 0) is 85.5 Å². The number of rotatable bonds is 11.